The number of amides is 1. The quantitative estimate of drug-likeness (QED) is 0.731. The molecule has 0 radical (unpaired) electrons. The van der Waals surface area contributed by atoms with Crippen LogP contribution in [0.15, 0.2) is 30.5 Å². The van der Waals surface area contributed by atoms with Gasteiger partial charge < -0.3 is 20.1 Å². The molecule has 1 aliphatic heterocycles. The molecule has 1 unspecified atom stereocenters. The Labute approximate surface area is 142 Å². The maximum Gasteiger partial charge on any atom is 0.220 e. The van der Waals surface area contributed by atoms with Gasteiger partial charge in [0.15, 0.2) is 6.29 Å². The maximum atomic E-state index is 12.1. The van der Waals surface area contributed by atoms with E-state index in [2.05, 4.69) is 22.4 Å². The SMILES string of the molecule is CC[C@]1(CCC(=O)NCCc2c[nH]c3ccccc23)CCOC1O. The normalized spacial score (nSPS) is 23.7. The monoisotopic (exact) mass is 330 g/mol. The van der Waals surface area contributed by atoms with Crippen molar-refractivity contribution in [1.29, 1.82) is 0 Å². The fourth-order valence-corrected chi connectivity index (χ4v) is 3.58. The van der Waals surface area contributed by atoms with Gasteiger partial charge in [-0.05, 0) is 37.3 Å². The molecule has 0 saturated carbocycles. The van der Waals surface area contributed by atoms with Crippen molar-refractivity contribution in [2.75, 3.05) is 13.2 Å². The average Bonchev–Trinajstić information content (AvgIpc) is 3.17. The lowest BCUT2D eigenvalue weighted by Crippen LogP contribution is -2.33. The molecule has 0 bridgehead atoms. The molecular weight excluding hydrogens is 304 g/mol. The molecule has 5 nitrogen and oxygen atoms in total. The maximum absolute atomic E-state index is 12.1. The molecule has 2 heterocycles. The third-order valence-electron chi connectivity index (χ3n) is 5.35. The number of ether oxygens (including phenoxy) is 1. The van der Waals surface area contributed by atoms with E-state index in [1.807, 2.05) is 25.3 Å². The van der Waals surface area contributed by atoms with E-state index in [0.29, 0.717) is 26.0 Å². The second-order valence-electron chi connectivity index (χ2n) is 6.65. The summed E-state index contributed by atoms with van der Waals surface area (Å²) in [5.74, 6) is 0.0433. The fourth-order valence-electron chi connectivity index (χ4n) is 3.58. The van der Waals surface area contributed by atoms with E-state index in [4.69, 9.17) is 4.74 Å². The van der Waals surface area contributed by atoms with Crippen LogP contribution in [-0.2, 0) is 16.0 Å². The smallest absolute Gasteiger partial charge is 0.220 e. The average molecular weight is 330 g/mol. The van der Waals surface area contributed by atoms with Crippen LogP contribution in [0.4, 0.5) is 0 Å². The van der Waals surface area contributed by atoms with Crippen LogP contribution in [0.25, 0.3) is 10.9 Å². The largest absolute Gasteiger partial charge is 0.367 e. The van der Waals surface area contributed by atoms with E-state index in [1.165, 1.54) is 10.9 Å². The lowest BCUT2D eigenvalue weighted by Gasteiger charge is -2.29. The van der Waals surface area contributed by atoms with Crippen molar-refractivity contribution >= 4 is 16.8 Å². The van der Waals surface area contributed by atoms with Crippen LogP contribution in [0.3, 0.4) is 0 Å². The first-order valence-corrected chi connectivity index (χ1v) is 8.76. The summed E-state index contributed by atoms with van der Waals surface area (Å²) in [5.41, 5.74) is 2.09. The number of aliphatic hydroxyl groups excluding tert-OH is 1. The Kier molecular flexibility index (Phi) is 5.21. The second-order valence-corrected chi connectivity index (χ2v) is 6.65. The zero-order valence-corrected chi connectivity index (χ0v) is 14.2. The lowest BCUT2D eigenvalue weighted by molar-refractivity contribution is -0.129. The van der Waals surface area contributed by atoms with Gasteiger partial charge in [-0.2, -0.15) is 0 Å². The van der Waals surface area contributed by atoms with E-state index in [9.17, 15) is 9.90 Å². The zero-order chi connectivity index (χ0) is 17.0. The number of para-hydroxylation sites is 1. The highest BCUT2D eigenvalue weighted by molar-refractivity contribution is 5.83. The van der Waals surface area contributed by atoms with Crippen LogP contribution in [-0.4, -0.2) is 35.4 Å². The van der Waals surface area contributed by atoms with Crippen LogP contribution in [0, 0.1) is 5.41 Å². The van der Waals surface area contributed by atoms with E-state index < -0.39 is 6.29 Å². The summed E-state index contributed by atoms with van der Waals surface area (Å²) in [5, 5.41) is 14.2. The predicted molar refractivity (Wildman–Crippen MR) is 93.5 cm³/mol. The Morgan fingerprint density at radius 3 is 3.04 bits per heavy atom. The summed E-state index contributed by atoms with van der Waals surface area (Å²) in [6, 6.07) is 8.18. The van der Waals surface area contributed by atoms with E-state index >= 15 is 0 Å². The van der Waals surface area contributed by atoms with Crippen molar-refractivity contribution in [3.63, 3.8) is 0 Å². The van der Waals surface area contributed by atoms with Crippen molar-refractivity contribution in [1.82, 2.24) is 10.3 Å². The molecule has 1 aromatic carbocycles. The first-order valence-electron chi connectivity index (χ1n) is 8.76. The van der Waals surface area contributed by atoms with Crippen molar-refractivity contribution in [3.8, 4) is 0 Å². The molecular formula is C19H26N2O3. The van der Waals surface area contributed by atoms with Gasteiger partial charge in [0.2, 0.25) is 5.91 Å². The van der Waals surface area contributed by atoms with Crippen LogP contribution < -0.4 is 5.32 Å². The third kappa shape index (κ3) is 3.47. The van der Waals surface area contributed by atoms with Gasteiger partial charge >= 0.3 is 0 Å². The van der Waals surface area contributed by atoms with E-state index in [0.717, 1.165) is 24.8 Å². The topological polar surface area (TPSA) is 74.4 Å². The van der Waals surface area contributed by atoms with Crippen LogP contribution in [0.1, 0.15) is 38.2 Å². The van der Waals surface area contributed by atoms with Crippen molar-refractivity contribution in [2.24, 2.45) is 5.41 Å². The number of carbonyl (C=O) groups excluding carboxylic acids is 1. The van der Waals surface area contributed by atoms with Gasteiger partial charge in [0.05, 0.1) is 6.61 Å². The van der Waals surface area contributed by atoms with Gasteiger partial charge in [0.1, 0.15) is 0 Å². The summed E-state index contributed by atoms with van der Waals surface area (Å²) < 4.78 is 5.28. The minimum absolute atomic E-state index is 0.0433. The Morgan fingerprint density at radius 2 is 2.29 bits per heavy atom. The van der Waals surface area contributed by atoms with E-state index in [-0.39, 0.29) is 11.3 Å². The van der Waals surface area contributed by atoms with Crippen LogP contribution >= 0.6 is 0 Å². The Morgan fingerprint density at radius 1 is 1.46 bits per heavy atom. The fraction of sp³-hybridized carbons (Fsp3) is 0.526. The molecule has 3 rings (SSSR count). The number of aliphatic hydroxyl groups is 1. The van der Waals surface area contributed by atoms with Gasteiger partial charge in [0.25, 0.3) is 0 Å². The number of hydrogen-bond donors (Lipinski definition) is 3. The number of benzene rings is 1. The molecule has 1 aliphatic rings. The van der Waals surface area contributed by atoms with Crippen LogP contribution in [0.2, 0.25) is 0 Å². The van der Waals surface area contributed by atoms with Gasteiger partial charge in [-0.1, -0.05) is 25.1 Å². The number of fused-ring (bicyclic) bond motifs is 1. The third-order valence-corrected chi connectivity index (χ3v) is 5.35. The summed E-state index contributed by atoms with van der Waals surface area (Å²) in [7, 11) is 0. The molecule has 3 N–H and O–H groups in total. The molecule has 2 atom stereocenters. The lowest BCUT2D eigenvalue weighted by atomic mass is 9.78. The minimum atomic E-state index is -0.735. The van der Waals surface area contributed by atoms with Crippen molar-refractivity contribution in [2.45, 2.75) is 45.3 Å². The number of hydrogen-bond acceptors (Lipinski definition) is 3. The molecule has 1 aromatic heterocycles. The van der Waals surface area contributed by atoms with Gasteiger partial charge in [0, 0.05) is 35.5 Å². The summed E-state index contributed by atoms with van der Waals surface area (Å²) >= 11 is 0. The molecule has 1 fully saturated rings. The number of carbonyl (C=O) groups is 1. The van der Waals surface area contributed by atoms with Crippen molar-refractivity contribution < 1.29 is 14.6 Å². The molecule has 0 aliphatic carbocycles. The van der Waals surface area contributed by atoms with Crippen LogP contribution in [0.5, 0.6) is 0 Å². The molecule has 130 valence electrons. The molecule has 5 heteroatoms. The molecule has 24 heavy (non-hydrogen) atoms. The van der Waals surface area contributed by atoms with Gasteiger partial charge in [-0.15, -0.1) is 0 Å². The number of H-pyrrole nitrogens is 1. The number of aromatic amines is 1. The molecule has 0 spiro atoms. The van der Waals surface area contributed by atoms with Crippen molar-refractivity contribution in [3.05, 3.63) is 36.0 Å². The second kappa shape index (κ2) is 7.36. The number of aromatic nitrogens is 1. The molecule has 1 saturated heterocycles. The first-order chi connectivity index (χ1) is 11.6. The number of rotatable bonds is 7. The Bertz CT molecular complexity index is 697. The van der Waals surface area contributed by atoms with Gasteiger partial charge in [-0.3, -0.25) is 4.79 Å². The van der Waals surface area contributed by atoms with Gasteiger partial charge in [-0.25, -0.2) is 0 Å². The zero-order valence-electron chi connectivity index (χ0n) is 14.2. The standard InChI is InChI=1S/C19H26N2O3/c1-2-19(10-12-24-18(19)23)9-7-17(22)20-11-8-14-13-21-16-6-4-3-5-15(14)16/h3-6,13,18,21,23H,2,7-12H2,1H3,(H,20,22)/t18?,19-/m0/s1. The highest BCUT2D eigenvalue weighted by Crippen LogP contribution is 2.41. The highest BCUT2D eigenvalue weighted by atomic mass is 16.6. The number of nitrogens with one attached hydrogen (secondary N) is 2. The Balaban J connectivity index is 1.46. The summed E-state index contributed by atoms with van der Waals surface area (Å²) in [6.45, 7) is 3.25. The highest BCUT2D eigenvalue weighted by Gasteiger charge is 2.41. The summed E-state index contributed by atoms with van der Waals surface area (Å²) in [6.07, 6.45) is 4.84. The minimum Gasteiger partial charge on any atom is -0.367 e. The Hall–Kier alpha value is -1.85. The van der Waals surface area contributed by atoms with E-state index in [1.54, 1.807) is 0 Å². The summed E-state index contributed by atoms with van der Waals surface area (Å²) in [4.78, 5) is 15.4. The molecule has 1 amide bonds. The predicted octanol–water partition coefficient (Wildman–Crippen LogP) is 2.74. The molecule has 2 aromatic rings. The first kappa shape index (κ1) is 17.0.